The number of likely N-dealkylation sites (tertiary alicyclic amines) is 1. The Balaban J connectivity index is 1.48. The number of rotatable bonds is 11. The molecule has 1 saturated heterocycles. The molecular formula is C31H34ClFN2O5. The maximum atomic E-state index is 13.2. The van der Waals surface area contributed by atoms with Crippen molar-refractivity contribution in [1.29, 1.82) is 0 Å². The molecule has 7 nitrogen and oxygen atoms in total. The number of carbonyl (C=O) groups is 2. The number of Topliss-reactive ketones (excluding diaryl/α,β-unsaturated/α-hetero) is 1. The van der Waals surface area contributed by atoms with Crippen LogP contribution < -0.4 is 10.1 Å². The number of halogens is 2. The van der Waals surface area contributed by atoms with Crippen LogP contribution in [0.15, 0.2) is 66.7 Å². The van der Waals surface area contributed by atoms with Gasteiger partial charge in [-0.25, -0.2) is 4.39 Å². The van der Waals surface area contributed by atoms with Crippen LogP contribution in [0.2, 0.25) is 5.02 Å². The molecule has 1 heterocycles. The molecule has 1 fully saturated rings. The number of carbonyl (C=O) groups excluding carboxylic acids is 2. The van der Waals surface area contributed by atoms with Gasteiger partial charge in [0.05, 0.1) is 16.7 Å². The molecule has 40 heavy (non-hydrogen) atoms. The molecule has 3 N–H and O–H groups in total. The molecule has 1 aliphatic rings. The van der Waals surface area contributed by atoms with Crippen LogP contribution in [-0.4, -0.2) is 64.7 Å². The minimum atomic E-state index is -1.14. The second-order valence-corrected chi connectivity index (χ2v) is 11.1. The number of aliphatic hydroxyl groups excluding tert-OH is 1. The second-order valence-electron chi connectivity index (χ2n) is 10.7. The van der Waals surface area contributed by atoms with E-state index in [2.05, 4.69) is 10.2 Å². The van der Waals surface area contributed by atoms with Crippen LogP contribution in [0.5, 0.6) is 5.75 Å². The minimum absolute atomic E-state index is 0.0370. The molecule has 0 aromatic heterocycles. The fourth-order valence-corrected chi connectivity index (χ4v) is 4.84. The van der Waals surface area contributed by atoms with Crippen molar-refractivity contribution in [2.24, 2.45) is 0 Å². The third-order valence-electron chi connectivity index (χ3n) is 6.76. The number of aliphatic hydroxyl groups is 2. The summed E-state index contributed by atoms with van der Waals surface area (Å²) in [4.78, 5) is 28.2. The zero-order valence-corrected chi connectivity index (χ0v) is 23.3. The first-order chi connectivity index (χ1) is 19.0. The predicted molar refractivity (Wildman–Crippen MR) is 152 cm³/mol. The molecule has 0 saturated carbocycles. The van der Waals surface area contributed by atoms with Crippen LogP contribution in [0.4, 0.5) is 4.39 Å². The number of benzene rings is 3. The molecule has 9 heteroatoms. The molecule has 4 rings (SSSR count). The predicted octanol–water partition coefficient (Wildman–Crippen LogP) is 4.79. The van der Waals surface area contributed by atoms with Gasteiger partial charge in [0.1, 0.15) is 24.3 Å². The Morgan fingerprint density at radius 3 is 2.20 bits per heavy atom. The van der Waals surface area contributed by atoms with E-state index >= 15 is 0 Å². The maximum absolute atomic E-state index is 13.2. The Morgan fingerprint density at radius 2 is 1.62 bits per heavy atom. The van der Waals surface area contributed by atoms with Gasteiger partial charge in [0.2, 0.25) is 5.78 Å². The average Bonchev–Trinajstić information content (AvgIpc) is 3.44. The number of ketones is 1. The Kier molecular flexibility index (Phi) is 9.58. The highest BCUT2D eigenvalue weighted by molar-refractivity contribution is 6.42. The Hall–Kier alpha value is -3.30. The summed E-state index contributed by atoms with van der Waals surface area (Å²) in [5, 5.41) is 24.2. The molecule has 3 aromatic carbocycles. The third-order valence-corrected chi connectivity index (χ3v) is 7.06. The van der Waals surface area contributed by atoms with E-state index in [0.717, 1.165) is 37.1 Å². The van der Waals surface area contributed by atoms with Crippen molar-refractivity contribution < 1.29 is 28.9 Å². The van der Waals surface area contributed by atoms with Crippen LogP contribution in [0, 0.1) is 5.82 Å². The van der Waals surface area contributed by atoms with Gasteiger partial charge in [-0.05, 0) is 80.7 Å². The first kappa shape index (κ1) is 29.7. The summed E-state index contributed by atoms with van der Waals surface area (Å²) in [6.45, 7) is 5.30. The van der Waals surface area contributed by atoms with E-state index in [0.29, 0.717) is 17.9 Å². The van der Waals surface area contributed by atoms with E-state index in [1.165, 1.54) is 12.1 Å². The number of amides is 1. The molecule has 0 aliphatic carbocycles. The van der Waals surface area contributed by atoms with E-state index in [1.807, 2.05) is 0 Å². The zero-order chi connectivity index (χ0) is 28.9. The van der Waals surface area contributed by atoms with Crippen LogP contribution >= 0.6 is 11.6 Å². The van der Waals surface area contributed by atoms with Crippen LogP contribution in [0.3, 0.4) is 0 Å². The summed E-state index contributed by atoms with van der Waals surface area (Å²) in [6.07, 6.45) is 0.906. The number of hydrogen-bond acceptors (Lipinski definition) is 6. The largest absolute Gasteiger partial charge is 0.489 e. The van der Waals surface area contributed by atoms with Crippen molar-refractivity contribution >= 4 is 23.3 Å². The molecule has 0 spiro atoms. The number of ether oxygens (including phenoxy) is 1. The molecule has 3 aromatic rings. The first-order valence-electron chi connectivity index (χ1n) is 13.3. The smallest absolute Gasteiger partial charge is 0.292 e. The highest BCUT2D eigenvalue weighted by atomic mass is 35.5. The second kappa shape index (κ2) is 12.9. The highest BCUT2D eigenvalue weighted by Gasteiger charge is 2.29. The summed E-state index contributed by atoms with van der Waals surface area (Å²) in [5.41, 5.74) is 1.19. The van der Waals surface area contributed by atoms with E-state index < -0.39 is 29.4 Å². The van der Waals surface area contributed by atoms with Gasteiger partial charge in [-0.2, -0.15) is 0 Å². The van der Waals surface area contributed by atoms with Crippen molar-refractivity contribution in [1.82, 2.24) is 10.2 Å². The Labute approximate surface area is 238 Å². The lowest BCUT2D eigenvalue weighted by molar-refractivity contribution is -0.118. The summed E-state index contributed by atoms with van der Waals surface area (Å²) in [5.74, 6) is -1.53. The Bertz CT molecular complexity index is 1320. The molecule has 0 radical (unpaired) electrons. The van der Waals surface area contributed by atoms with Gasteiger partial charge in [0, 0.05) is 12.1 Å². The van der Waals surface area contributed by atoms with Gasteiger partial charge < -0.3 is 25.2 Å². The molecule has 212 valence electrons. The molecule has 0 unspecified atom stereocenters. The summed E-state index contributed by atoms with van der Waals surface area (Å²) in [7, 11) is 0. The van der Waals surface area contributed by atoms with Gasteiger partial charge in [-0.15, -0.1) is 0 Å². The molecule has 1 amide bonds. The SMILES string of the molecule is CC(C)(O)COc1ccc([C@@H](O)[C@@H](CN2CCCC2)NC(=O)C(=O)c2ccc(-c3ccc(F)cc3)cc2)cc1Cl. The van der Waals surface area contributed by atoms with Crippen LogP contribution in [0.25, 0.3) is 11.1 Å². The van der Waals surface area contributed by atoms with Gasteiger partial charge in [-0.1, -0.05) is 54.1 Å². The third kappa shape index (κ3) is 7.88. The lowest BCUT2D eigenvalue weighted by atomic mass is 10.00. The molecule has 1 aliphatic heterocycles. The topological polar surface area (TPSA) is 99.1 Å². The van der Waals surface area contributed by atoms with Crippen molar-refractivity contribution in [3.63, 3.8) is 0 Å². The number of nitrogens with one attached hydrogen (secondary N) is 1. The van der Waals surface area contributed by atoms with Crippen molar-refractivity contribution in [2.45, 2.75) is 44.4 Å². The van der Waals surface area contributed by atoms with E-state index in [4.69, 9.17) is 16.3 Å². The Morgan fingerprint density at radius 1 is 1.02 bits per heavy atom. The fourth-order valence-electron chi connectivity index (χ4n) is 4.59. The highest BCUT2D eigenvalue weighted by Crippen LogP contribution is 2.30. The van der Waals surface area contributed by atoms with E-state index in [9.17, 15) is 24.2 Å². The van der Waals surface area contributed by atoms with E-state index in [1.54, 1.807) is 68.4 Å². The van der Waals surface area contributed by atoms with Gasteiger partial charge in [0.15, 0.2) is 0 Å². The number of nitrogens with zero attached hydrogens (tertiary/aromatic N) is 1. The molecule has 2 atom stereocenters. The van der Waals surface area contributed by atoms with E-state index in [-0.39, 0.29) is 23.0 Å². The monoisotopic (exact) mass is 568 g/mol. The van der Waals surface area contributed by atoms with Crippen molar-refractivity contribution in [2.75, 3.05) is 26.2 Å². The summed E-state index contributed by atoms with van der Waals surface area (Å²) >= 11 is 6.39. The molecular weight excluding hydrogens is 535 g/mol. The first-order valence-corrected chi connectivity index (χ1v) is 13.6. The zero-order valence-electron chi connectivity index (χ0n) is 22.6. The fraction of sp³-hybridized carbons (Fsp3) is 0.355. The van der Waals surface area contributed by atoms with Gasteiger partial charge in [0.25, 0.3) is 5.91 Å². The van der Waals surface area contributed by atoms with Crippen LogP contribution in [0.1, 0.15) is 48.7 Å². The summed E-state index contributed by atoms with van der Waals surface area (Å²) in [6, 6.07) is 16.6. The van der Waals surface area contributed by atoms with Crippen LogP contribution in [-0.2, 0) is 4.79 Å². The normalized spacial score (nSPS) is 15.4. The van der Waals surface area contributed by atoms with Crippen molar-refractivity contribution in [3.8, 4) is 16.9 Å². The minimum Gasteiger partial charge on any atom is -0.489 e. The number of hydrogen-bond donors (Lipinski definition) is 3. The summed E-state index contributed by atoms with van der Waals surface area (Å²) < 4.78 is 18.8. The molecule has 0 bridgehead atoms. The lowest BCUT2D eigenvalue weighted by Gasteiger charge is -2.29. The van der Waals surface area contributed by atoms with Gasteiger partial charge in [-0.3, -0.25) is 9.59 Å². The van der Waals surface area contributed by atoms with Gasteiger partial charge >= 0.3 is 0 Å². The average molecular weight is 569 g/mol. The quantitative estimate of drug-likeness (QED) is 0.227. The lowest BCUT2D eigenvalue weighted by Crippen LogP contribution is -2.48. The standard InChI is InChI=1S/C31H34ClFN2O5/c1-31(2,39)19-40-27-14-11-23(17-25(27)32)28(36)26(18-35-15-3-4-16-35)34-30(38)29(37)22-7-5-20(6-8-22)21-9-12-24(33)13-10-21/h5-14,17,26,28,36,39H,3-4,15-16,18-19H2,1-2H3,(H,34,38)/t26-,28-/m1/s1. The van der Waals surface area contributed by atoms with Crippen molar-refractivity contribution in [3.05, 3.63) is 88.7 Å². The maximum Gasteiger partial charge on any atom is 0.292 e.